The summed E-state index contributed by atoms with van der Waals surface area (Å²) in [5.74, 6) is 1.75. The Morgan fingerprint density at radius 2 is 1.74 bits per heavy atom. The van der Waals surface area contributed by atoms with Crippen LogP contribution in [0.1, 0.15) is 22.5 Å². The number of carbonyl (C=O) groups excluding carboxylic acids is 1. The molecule has 0 aliphatic carbocycles. The van der Waals surface area contributed by atoms with Crippen molar-refractivity contribution in [3.8, 4) is 11.5 Å². The number of aromatic nitrogens is 3. The Morgan fingerprint density at radius 1 is 0.974 bits per heavy atom. The molecule has 0 bridgehead atoms. The highest BCUT2D eigenvalue weighted by Crippen LogP contribution is 2.28. The summed E-state index contributed by atoms with van der Waals surface area (Å²) in [6.07, 6.45) is 2.51. The molecule has 1 aliphatic rings. The smallest absolute Gasteiger partial charge is 0.270 e. The van der Waals surface area contributed by atoms with Crippen LogP contribution in [0.4, 0.5) is 11.6 Å². The molecule has 1 amide bonds. The fourth-order valence-electron chi connectivity index (χ4n) is 4.52. The van der Waals surface area contributed by atoms with Crippen molar-refractivity contribution < 1.29 is 9.53 Å². The van der Waals surface area contributed by atoms with Crippen LogP contribution in [0.2, 0.25) is 0 Å². The first-order chi connectivity index (χ1) is 18.4. The predicted molar refractivity (Wildman–Crippen MR) is 150 cm³/mol. The molecule has 0 unspecified atom stereocenters. The first-order valence-corrected chi connectivity index (χ1v) is 13.1. The maximum absolute atomic E-state index is 12.7. The normalized spacial score (nSPS) is 14.5. The van der Waals surface area contributed by atoms with E-state index in [-0.39, 0.29) is 5.91 Å². The molecule has 5 rings (SSSR count). The Kier molecular flexibility index (Phi) is 7.86. The number of amides is 1. The maximum Gasteiger partial charge on any atom is 0.270 e. The molecular formula is C29H35N7O2. The first kappa shape index (κ1) is 25.7. The van der Waals surface area contributed by atoms with Gasteiger partial charge in [0.2, 0.25) is 5.95 Å². The van der Waals surface area contributed by atoms with E-state index in [0.717, 1.165) is 61.8 Å². The van der Waals surface area contributed by atoms with Crippen molar-refractivity contribution in [2.75, 3.05) is 51.6 Å². The van der Waals surface area contributed by atoms with Gasteiger partial charge in [0.15, 0.2) is 0 Å². The fraction of sp³-hybridized carbons (Fsp3) is 0.345. The summed E-state index contributed by atoms with van der Waals surface area (Å²) in [6, 6.07) is 17.4. The molecule has 4 aromatic rings. The van der Waals surface area contributed by atoms with E-state index in [1.54, 1.807) is 18.3 Å². The average molecular weight is 514 g/mol. The van der Waals surface area contributed by atoms with E-state index < -0.39 is 0 Å². The molecule has 9 nitrogen and oxygen atoms in total. The van der Waals surface area contributed by atoms with E-state index in [4.69, 9.17) is 9.72 Å². The van der Waals surface area contributed by atoms with E-state index in [2.05, 4.69) is 51.5 Å². The maximum atomic E-state index is 12.7. The molecule has 1 saturated heterocycles. The molecule has 1 aliphatic heterocycles. The molecular weight excluding hydrogens is 478 g/mol. The minimum Gasteiger partial charge on any atom is -0.457 e. The summed E-state index contributed by atoms with van der Waals surface area (Å²) in [7, 11) is 4.13. The minimum atomic E-state index is -0.194. The molecule has 0 saturated carbocycles. The Morgan fingerprint density at radius 3 is 2.53 bits per heavy atom. The van der Waals surface area contributed by atoms with Gasteiger partial charge in [-0.1, -0.05) is 17.7 Å². The monoisotopic (exact) mass is 513 g/mol. The molecule has 0 radical (unpaired) electrons. The molecule has 38 heavy (non-hydrogen) atoms. The predicted octanol–water partition coefficient (Wildman–Crippen LogP) is 4.18. The quantitative estimate of drug-likeness (QED) is 0.325. The Hall–Kier alpha value is -3.95. The number of rotatable bonds is 9. The van der Waals surface area contributed by atoms with Gasteiger partial charge < -0.3 is 29.7 Å². The summed E-state index contributed by atoms with van der Waals surface area (Å²) in [5.41, 5.74) is 4.32. The van der Waals surface area contributed by atoms with Crippen LogP contribution < -0.4 is 15.4 Å². The van der Waals surface area contributed by atoms with Gasteiger partial charge in [-0.05, 0) is 57.3 Å². The van der Waals surface area contributed by atoms with Gasteiger partial charge >= 0.3 is 0 Å². The second kappa shape index (κ2) is 11.6. The Balaban J connectivity index is 1.18. The van der Waals surface area contributed by atoms with Crippen LogP contribution in [-0.4, -0.2) is 76.6 Å². The van der Waals surface area contributed by atoms with Crippen molar-refractivity contribution in [3.63, 3.8) is 0 Å². The molecule has 2 aromatic heterocycles. The van der Waals surface area contributed by atoms with Crippen molar-refractivity contribution in [1.29, 1.82) is 0 Å². The number of hydrogen-bond acceptors (Lipinski definition) is 7. The third kappa shape index (κ3) is 6.30. The number of ether oxygens (including phenoxy) is 1. The summed E-state index contributed by atoms with van der Waals surface area (Å²) in [5, 5.41) is 6.35. The number of nitrogens with zero attached hydrogens (tertiary/aromatic N) is 5. The topological polar surface area (TPSA) is 87.6 Å². The van der Waals surface area contributed by atoms with Crippen LogP contribution in [0.25, 0.3) is 11.0 Å². The highest BCUT2D eigenvalue weighted by atomic mass is 16.5. The SMILES string of the molecule is Cc1ccc(Nc2nc3cc(Oc4ccnc(C(=O)NCCCN5CCN(C)CC5)c4)ccc3n2C)cc1. The van der Waals surface area contributed by atoms with E-state index in [1.165, 1.54) is 5.56 Å². The number of imidazole rings is 1. The lowest BCUT2D eigenvalue weighted by molar-refractivity contribution is 0.0944. The molecule has 3 heterocycles. The summed E-state index contributed by atoms with van der Waals surface area (Å²) >= 11 is 0. The molecule has 2 aromatic carbocycles. The fourth-order valence-corrected chi connectivity index (χ4v) is 4.52. The number of likely N-dealkylation sites (N-methyl/N-ethyl adjacent to an activating group) is 1. The summed E-state index contributed by atoms with van der Waals surface area (Å²) < 4.78 is 8.08. The summed E-state index contributed by atoms with van der Waals surface area (Å²) in [4.78, 5) is 26.4. The molecule has 9 heteroatoms. The summed E-state index contributed by atoms with van der Waals surface area (Å²) in [6.45, 7) is 8.04. The Bertz CT molecular complexity index is 1390. The van der Waals surface area contributed by atoms with E-state index >= 15 is 0 Å². The second-order valence-electron chi connectivity index (χ2n) is 9.87. The average Bonchev–Trinajstić information content (AvgIpc) is 3.23. The van der Waals surface area contributed by atoms with Crippen LogP contribution in [0, 0.1) is 6.92 Å². The van der Waals surface area contributed by atoms with Gasteiger partial charge in [-0.2, -0.15) is 0 Å². The number of piperazine rings is 1. The third-order valence-electron chi connectivity index (χ3n) is 6.89. The minimum absolute atomic E-state index is 0.194. The van der Waals surface area contributed by atoms with Crippen LogP contribution in [0.15, 0.2) is 60.8 Å². The zero-order chi connectivity index (χ0) is 26.5. The highest BCUT2D eigenvalue weighted by Gasteiger charge is 2.14. The number of hydrogen-bond donors (Lipinski definition) is 2. The van der Waals surface area contributed by atoms with Gasteiger partial charge in [-0.25, -0.2) is 4.98 Å². The first-order valence-electron chi connectivity index (χ1n) is 13.1. The largest absolute Gasteiger partial charge is 0.457 e. The van der Waals surface area contributed by atoms with Crippen LogP contribution >= 0.6 is 0 Å². The molecule has 198 valence electrons. The van der Waals surface area contributed by atoms with Crippen molar-refractivity contribution in [2.45, 2.75) is 13.3 Å². The van der Waals surface area contributed by atoms with Gasteiger partial charge in [-0.3, -0.25) is 9.78 Å². The molecule has 1 fully saturated rings. The number of fused-ring (bicyclic) bond motifs is 1. The van der Waals surface area contributed by atoms with E-state index in [1.807, 2.05) is 41.9 Å². The van der Waals surface area contributed by atoms with Gasteiger partial charge in [0.25, 0.3) is 5.91 Å². The molecule has 0 atom stereocenters. The van der Waals surface area contributed by atoms with Gasteiger partial charge in [0.1, 0.15) is 17.2 Å². The number of carbonyl (C=O) groups is 1. The zero-order valence-corrected chi connectivity index (χ0v) is 22.3. The molecule has 2 N–H and O–H groups in total. The lowest BCUT2D eigenvalue weighted by Gasteiger charge is -2.32. The number of nitrogens with one attached hydrogen (secondary N) is 2. The second-order valence-corrected chi connectivity index (χ2v) is 9.87. The lowest BCUT2D eigenvalue weighted by Crippen LogP contribution is -2.45. The van der Waals surface area contributed by atoms with Gasteiger partial charge in [-0.15, -0.1) is 0 Å². The highest BCUT2D eigenvalue weighted by molar-refractivity contribution is 5.92. The molecule has 0 spiro atoms. The Labute approximate surface area is 223 Å². The van der Waals surface area contributed by atoms with Crippen LogP contribution in [0.3, 0.4) is 0 Å². The third-order valence-corrected chi connectivity index (χ3v) is 6.89. The number of pyridine rings is 1. The standard InChI is InChI=1S/C29H35N7O2/c1-21-5-7-22(8-6-21)32-29-33-25-19-23(9-10-27(25)35(29)3)38-24-11-13-30-26(20-24)28(37)31-12-4-14-36-17-15-34(2)16-18-36/h5-11,13,19-20H,4,12,14-18H2,1-3H3,(H,31,37)(H,32,33). The van der Waals surface area contributed by atoms with Crippen molar-refractivity contribution in [1.82, 2.24) is 29.7 Å². The lowest BCUT2D eigenvalue weighted by atomic mass is 10.2. The van der Waals surface area contributed by atoms with Crippen molar-refractivity contribution in [2.24, 2.45) is 7.05 Å². The van der Waals surface area contributed by atoms with Crippen molar-refractivity contribution in [3.05, 3.63) is 72.1 Å². The number of aryl methyl sites for hydroxylation is 2. The number of benzene rings is 2. The number of anilines is 2. The van der Waals surface area contributed by atoms with Crippen LogP contribution in [0.5, 0.6) is 11.5 Å². The van der Waals surface area contributed by atoms with E-state index in [9.17, 15) is 4.79 Å². The van der Waals surface area contributed by atoms with Crippen LogP contribution in [-0.2, 0) is 7.05 Å². The zero-order valence-electron chi connectivity index (χ0n) is 22.3. The van der Waals surface area contributed by atoms with Gasteiger partial charge in [0, 0.05) is 63.8 Å². The van der Waals surface area contributed by atoms with Crippen molar-refractivity contribution >= 4 is 28.6 Å². The van der Waals surface area contributed by atoms with E-state index in [0.29, 0.717) is 23.7 Å². The van der Waals surface area contributed by atoms with Gasteiger partial charge in [0.05, 0.1) is 11.0 Å².